The minimum Gasteiger partial charge on any atom is -0.399 e. The van der Waals surface area contributed by atoms with Crippen molar-refractivity contribution in [2.24, 2.45) is 0 Å². The van der Waals surface area contributed by atoms with Crippen LogP contribution in [0, 0.1) is 0 Å². The van der Waals surface area contributed by atoms with E-state index in [1.807, 2.05) is 0 Å². The Morgan fingerprint density at radius 3 is 2.88 bits per heavy atom. The Morgan fingerprint density at radius 2 is 2.24 bits per heavy atom. The quantitative estimate of drug-likeness (QED) is 0.630. The number of rotatable bonds is 5. The van der Waals surface area contributed by atoms with Gasteiger partial charge in [-0.05, 0) is 24.6 Å². The van der Waals surface area contributed by atoms with Crippen molar-refractivity contribution >= 4 is 34.0 Å². The Morgan fingerprint density at radius 1 is 1.53 bits per heavy atom. The van der Waals surface area contributed by atoms with E-state index in [2.05, 4.69) is 5.32 Å². The van der Waals surface area contributed by atoms with Gasteiger partial charge in [-0.1, -0.05) is 11.6 Å². The van der Waals surface area contributed by atoms with Gasteiger partial charge in [-0.2, -0.15) is 0 Å². The summed E-state index contributed by atoms with van der Waals surface area (Å²) in [5, 5.41) is 3.08. The van der Waals surface area contributed by atoms with Crippen molar-refractivity contribution in [2.75, 3.05) is 24.3 Å². The molecule has 0 fully saturated rings. The van der Waals surface area contributed by atoms with Crippen LogP contribution in [0.25, 0.3) is 0 Å². The third-order valence-electron chi connectivity index (χ3n) is 2.13. The topological polar surface area (TPSA) is 72.2 Å². The first-order valence-electron chi connectivity index (χ1n) is 5.14. The number of anilines is 1. The molecule has 94 valence electrons. The molecule has 0 aliphatic carbocycles. The smallest absolute Gasteiger partial charge is 0.252 e. The molecule has 3 N–H and O–H groups in total. The Labute approximate surface area is 108 Å². The van der Waals surface area contributed by atoms with Crippen LogP contribution in [-0.2, 0) is 10.8 Å². The summed E-state index contributed by atoms with van der Waals surface area (Å²) in [7, 11) is -0.830. The molecule has 1 amide bonds. The fraction of sp³-hybridized carbons (Fsp3) is 0.364. The van der Waals surface area contributed by atoms with Crippen LogP contribution in [0.5, 0.6) is 0 Å². The first-order chi connectivity index (χ1) is 8.00. The molecule has 17 heavy (non-hydrogen) atoms. The molecule has 6 heteroatoms. The van der Waals surface area contributed by atoms with Crippen molar-refractivity contribution in [1.29, 1.82) is 0 Å². The largest absolute Gasteiger partial charge is 0.399 e. The van der Waals surface area contributed by atoms with Gasteiger partial charge in [-0.25, -0.2) is 0 Å². The number of nitrogens with one attached hydrogen (secondary N) is 1. The molecule has 0 aromatic heterocycles. The highest BCUT2D eigenvalue weighted by Crippen LogP contribution is 2.18. The van der Waals surface area contributed by atoms with Gasteiger partial charge in [0, 0.05) is 35.0 Å². The minimum atomic E-state index is -0.830. The molecule has 1 aromatic rings. The number of hydrogen-bond donors (Lipinski definition) is 2. The van der Waals surface area contributed by atoms with Crippen LogP contribution in [0.1, 0.15) is 16.8 Å². The SMILES string of the molecule is CS(=O)CCCNC(=O)c1cc(N)ccc1Cl. The zero-order valence-electron chi connectivity index (χ0n) is 9.53. The lowest BCUT2D eigenvalue weighted by Crippen LogP contribution is -2.25. The maximum Gasteiger partial charge on any atom is 0.252 e. The molecule has 0 spiro atoms. The lowest BCUT2D eigenvalue weighted by molar-refractivity contribution is 0.0954. The standard InChI is InChI=1S/C11H15ClN2O2S/c1-17(16)6-2-5-14-11(15)9-7-8(13)3-4-10(9)12/h3-4,7H,2,5-6,13H2,1H3,(H,14,15). The Hall–Kier alpha value is -1.07. The molecule has 0 saturated carbocycles. The van der Waals surface area contributed by atoms with Crippen molar-refractivity contribution in [2.45, 2.75) is 6.42 Å². The Bertz CT molecular complexity index is 437. The van der Waals surface area contributed by atoms with Crippen LogP contribution in [0.15, 0.2) is 18.2 Å². The van der Waals surface area contributed by atoms with Gasteiger partial charge in [0.1, 0.15) is 0 Å². The van der Waals surface area contributed by atoms with Crippen molar-refractivity contribution in [3.8, 4) is 0 Å². The number of amides is 1. The van der Waals surface area contributed by atoms with Gasteiger partial charge < -0.3 is 11.1 Å². The molecule has 1 rings (SSSR count). The second-order valence-corrected chi connectivity index (χ2v) is 5.59. The van der Waals surface area contributed by atoms with E-state index in [9.17, 15) is 9.00 Å². The van der Waals surface area contributed by atoms with E-state index < -0.39 is 10.8 Å². The lowest BCUT2D eigenvalue weighted by Gasteiger charge is -2.07. The van der Waals surface area contributed by atoms with Gasteiger partial charge in [-0.15, -0.1) is 0 Å². The maximum absolute atomic E-state index is 11.7. The molecule has 0 saturated heterocycles. The molecular weight excluding hydrogens is 260 g/mol. The first-order valence-corrected chi connectivity index (χ1v) is 7.24. The number of carbonyl (C=O) groups is 1. The highest BCUT2D eigenvalue weighted by atomic mass is 35.5. The van der Waals surface area contributed by atoms with E-state index in [4.69, 9.17) is 17.3 Å². The minimum absolute atomic E-state index is 0.260. The van der Waals surface area contributed by atoms with E-state index in [1.165, 1.54) is 6.07 Å². The van der Waals surface area contributed by atoms with Gasteiger partial charge in [0.15, 0.2) is 0 Å². The Balaban J connectivity index is 2.52. The fourth-order valence-corrected chi connectivity index (χ4v) is 2.04. The van der Waals surface area contributed by atoms with Gasteiger partial charge >= 0.3 is 0 Å². The molecule has 4 nitrogen and oxygen atoms in total. The lowest BCUT2D eigenvalue weighted by atomic mass is 10.2. The third-order valence-corrected chi connectivity index (χ3v) is 3.32. The maximum atomic E-state index is 11.7. The number of hydrogen-bond acceptors (Lipinski definition) is 3. The van der Waals surface area contributed by atoms with E-state index in [1.54, 1.807) is 18.4 Å². The molecule has 0 radical (unpaired) electrons. The second-order valence-electron chi connectivity index (χ2n) is 3.63. The van der Waals surface area contributed by atoms with Crippen molar-refractivity contribution in [3.05, 3.63) is 28.8 Å². The van der Waals surface area contributed by atoms with Gasteiger partial charge in [0.05, 0.1) is 10.6 Å². The van der Waals surface area contributed by atoms with E-state index in [-0.39, 0.29) is 5.91 Å². The van der Waals surface area contributed by atoms with Crippen LogP contribution in [-0.4, -0.2) is 28.7 Å². The number of nitrogens with two attached hydrogens (primary N) is 1. The number of halogens is 1. The van der Waals surface area contributed by atoms with Crippen LogP contribution >= 0.6 is 11.6 Å². The summed E-state index contributed by atoms with van der Waals surface area (Å²) in [5.41, 5.74) is 6.44. The molecule has 0 bridgehead atoms. The molecule has 1 atom stereocenters. The summed E-state index contributed by atoms with van der Waals surface area (Å²) < 4.78 is 10.8. The highest BCUT2D eigenvalue weighted by Gasteiger charge is 2.09. The molecule has 1 unspecified atom stereocenters. The van der Waals surface area contributed by atoms with Crippen molar-refractivity contribution < 1.29 is 9.00 Å². The van der Waals surface area contributed by atoms with Gasteiger partial charge in [0.2, 0.25) is 0 Å². The predicted molar refractivity (Wildman–Crippen MR) is 71.7 cm³/mol. The van der Waals surface area contributed by atoms with Crippen LogP contribution < -0.4 is 11.1 Å². The van der Waals surface area contributed by atoms with E-state index in [0.717, 1.165) is 0 Å². The van der Waals surface area contributed by atoms with Gasteiger partial charge in [0.25, 0.3) is 5.91 Å². The zero-order valence-corrected chi connectivity index (χ0v) is 11.1. The molecule has 0 heterocycles. The number of nitrogen functional groups attached to an aromatic ring is 1. The molecular formula is C11H15ClN2O2S. The summed E-state index contributed by atoms with van der Waals surface area (Å²) in [6, 6.07) is 4.77. The van der Waals surface area contributed by atoms with Crippen molar-refractivity contribution in [1.82, 2.24) is 5.32 Å². The number of carbonyl (C=O) groups excluding carboxylic acids is 1. The monoisotopic (exact) mass is 274 g/mol. The van der Waals surface area contributed by atoms with E-state index >= 15 is 0 Å². The third kappa shape index (κ3) is 4.75. The van der Waals surface area contributed by atoms with Crippen molar-refractivity contribution in [3.63, 3.8) is 0 Å². The molecule has 0 aliphatic rings. The fourth-order valence-electron chi connectivity index (χ4n) is 1.29. The van der Waals surface area contributed by atoms with Crippen LogP contribution in [0.4, 0.5) is 5.69 Å². The highest BCUT2D eigenvalue weighted by molar-refractivity contribution is 7.84. The molecule has 0 aliphatic heterocycles. The summed E-state index contributed by atoms with van der Waals surface area (Å²) in [6.07, 6.45) is 2.31. The van der Waals surface area contributed by atoms with Gasteiger partial charge in [-0.3, -0.25) is 9.00 Å². The Kier molecular flexibility index (Phi) is 5.44. The average Bonchev–Trinajstić information content (AvgIpc) is 2.27. The second kappa shape index (κ2) is 6.61. The zero-order chi connectivity index (χ0) is 12.8. The molecule has 1 aromatic carbocycles. The summed E-state index contributed by atoms with van der Waals surface area (Å²) >= 11 is 5.89. The van der Waals surface area contributed by atoms with Crippen LogP contribution in [0.2, 0.25) is 5.02 Å². The first kappa shape index (κ1) is 14.0. The summed E-state index contributed by atoms with van der Waals surface area (Å²) in [6.45, 7) is 0.476. The normalized spacial score (nSPS) is 12.1. The average molecular weight is 275 g/mol. The summed E-state index contributed by atoms with van der Waals surface area (Å²) in [5.74, 6) is 0.314. The number of benzene rings is 1. The summed E-state index contributed by atoms with van der Waals surface area (Å²) in [4.78, 5) is 11.7. The van der Waals surface area contributed by atoms with Crippen LogP contribution in [0.3, 0.4) is 0 Å². The predicted octanol–water partition coefficient (Wildman–Crippen LogP) is 1.42. The van der Waals surface area contributed by atoms with E-state index in [0.29, 0.717) is 35.0 Å².